The highest BCUT2D eigenvalue weighted by Crippen LogP contribution is 2.40. The summed E-state index contributed by atoms with van der Waals surface area (Å²) in [7, 11) is 3.30. The molecule has 7 nitrogen and oxygen atoms in total. The Kier molecular flexibility index (Phi) is 11.0. The fourth-order valence-corrected chi connectivity index (χ4v) is 4.40. The van der Waals surface area contributed by atoms with Crippen LogP contribution in [0.25, 0.3) is 0 Å². The molecule has 1 fully saturated rings. The van der Waals surface area contributed by atoms with E-state index in [1.54, 1.807) is 14.2 Å². The molecule has 0 unspecified atom stereocenters. The van der Waals surface area contributed by atoms with Gasteiger partial charge in [-0.05, 0) is 38.0 Å². The minimum absolute atomic E-state index is 0.112. The van der Waals surface area contributed by atoms with Crippen molar-refractivity contribution in [1.82, 2.24) is 4.90 Å². The fourth-order valence-electron chi connectivity index (χ4n) is 4.40. The SMILES string of the molecule is CCOC(=O)CCCCCCOc1c(CN2CCN(c3ccccc3)CC2)ccc(OC)c1OC. The molecule has 0 radical (unpaired) electrons. The van der Waals surface area contributed by atoms with Gasteiger partial charge in [-0.15, -0.1) is 0 Å². The van der Waals surface area contributed by atoms with Crippen LogP contribution in [0.4, 0.5) is 5.69 Å². The summed E-state index contributed by atoms with van der Waals surface area (Å²) < 4.78 is 22.5. The van der Waals surface area contributed by atoms with Crippen molar-refractivity contribution in [2.75, 3.05) is 58.5 Å². The Labute approximate surface area is 209 Å². The van der Waals surface area contributed by atoms with Crippen molar-refractivity contribution in [1.29, 1.82) is 0 Å². The van der Waals surface area contributed by atoms with Gasteiger partial charge in [-0.2, -0.15) is 0 Å². The molecule has 0 spiro atoms. The van der Waals surface area contributed by atoms with Crippen molar-refractivity contribution in [3.63, 3.8) is 0 Å². The van der Waals surface area contributed by atoms with Crippen LogP contribution in [0.15, 0.2) is 42.5 Å². The van der Waals surface area contributed by atoms with Crippen LogP contribution in [0.3, 0.4) is 0 Å². The average Bonchev–Trinajstić information content (AvgIpc) is 2.89. The van der Waals surface area contributed by atoms with E-state index in [9.17, 15) is 4.79 Å². The van der Waals surface area contributed by atoms with Gasteiger partial charge in [-0.3, -0.25) is 9.69 Å². The van der Waals surface area contributed by atoms with E-state index in [0.29, 0.717) is 31.1 Å². The molecule has 0 bridgehead atoms. The molecule has 35 heavy (non-hydrogen) atoms. The highest BCUT2D eigenvalue weighted by molar-refractivity contribution is 5.69. The fraction of sp³-hybridized carbons (Fsp3) is 0.536. The first kappa shape index (κ1) is 26.7. The Bertz CT molecular complexity index is 898. The molecule has 0 amide bonds. The van der Waals surface area contributed by atoms with Crippen LogP contribution in [-0.2, 0) is 16.1 Å². The first-order chi connectivity index (χ1) is 17.2. The van der Waals surface area contributed by atoms with Gasteiger partial charge in [-0.25, -0.2) is 0 Å². The maximum absolute atomic E-state index is 11.5. The normalized spacial score (nSPS) is 14.0. The zero-order valence-electron chi connectivity index (χ0n) is 21.5. The maximum Gasteiger partial charge on any atom is 0.305 e. The first-order valence-corrected chi connectivity index (χ1v) is 12.7. The smallest absolute Gasteiger partial charge is 0.305 e. The van der Waals surface area contributed by atoms with Crippen molar-refractivity contribution >= 4 is 11.7 Å². The van der Waals surface area contributed by atoms with Crippen LogP contribution in [0.2, 0.25) is 0 Å². The minimum atomic E-state index is -0.112. The molecule has 2 aromatic rings. The maximum atomic E-state index is 11.5. The molecule has 7 heteroatoms. The van der Waals surface area contributed by atoms with Gasteiger partial charge >= 0.3 is 5.97 Å². The van der Waals surface area contributed by atoms with Crippen LogP contribution in [0, 0.1) is 0 Å². The number of piperazine rings is 1. The highest BCUT2D eigenvalue weighted by atomic mass is 16.5. The van der Waals surface area contributed by atoms with Crippen molar-refractivity contribution in [2.24, 2.45) is 0 Å². The number of carbonyl (C=O) groups excluding carboxylic acids is 1. The molecular formula is C28H40N2O5. The number of benzene rings is 2. The number of hydrogen-bond acceptors (Lipinski definition) is 7. The topological polar surface area (TPSA) is 60.5 Å². The van der Waals surface area contributed by atoms with E-state index in [0.717, 1.165) is 69.7 Å². The van der Waals surface area contributed by atoms with Crippen molar-refractivity contribution in [3.05, 3.63) is 48.0 Å². The zero-order valence-corrected chi connectivity index (χ0v) is 21.5. The summed E-state index contributed by atoms with van der Waals surface area (Å²) >= 11 is 0. The number of hydrogen-bond donors (Lipinski definition) is 0. The van der Waals surface area contributed by atoms with Gasteiger partial charge in [-0.1, -0.05) is 37.1 Å². The van der Waals surface area contributed by atoms with E-state index < -0.39 is 0 Å². The summed E-state index contributed by atoms with van der Waals surface area (Å²) in [5, 5.41) is 0. The second-order valence-corrected chi connectivity index (χ2v) is 8.71. The minimum Gasteiger partial charge on any atom is -0.493 e. The molecular weight excluding hydrogens is 444 g/mol. The molecule has 1 saturated heterocycles. The molecule has 0 aromatic heterocycles. The number of anilines is 1. The number of methoxy groups -OCH3 is 2. The lowest BCUT2D eigenvalue weighted by atomic mass is 10.1. The van der Waals surface area contributed by atoms with Gasteiger partial charge < -0.3 is 23.8 Å². The Morgan fingerprint density at radius 3 is 2.29 bits per heavy atom. The summed E-state index contributed by atoms with van der Waals surface area (Å²) in [6.07, 6.45) is 4.23. The molecule has 0 atom stereocenters. The van der Waals surface area contributed by atoms with Gasteiger partial charge in [0, 0.05) is 50.4 Å². The summed E-state index contributed by atoms with van der Waals surface area (Å²) in [6.45, 7) is 7.65. The number of unbranched alkanes of at least 4 members (excludes halogenated alkanes) is 3. The predicted octanol–water partition coefficient (Wildman–Crippen LogP) is 4.92. The lowest BCUT2D eigenvalue weighted by molar-refractivity contribution is -0.143. The summed E-state index contributed by atoms with van der Waals surface area (Å²) in [5.41, 5.74) is 2.39. The molecule has 3 rings (SSSR count). The van der Waals surface area contributed by atoms with Gasteiger partial charge in [0.2, 0.25) is 5.75 Å². The number of carbonyl (C=O) groups is 1. The second kappa shape index (κ2) is 14.5. The Balaban J connectivity index is 1.53. The summed E-state index contributed by atoms with van der Waals surface area (Å²) in [5.74, 6) is 1.98. The van der Waals surface area contributed by atoms with E-state index >= 15 is 0 Å². The number of rotatable bonds is 14. The van der Waals surface area contributed by atoms with Crippen LogP contribution < -0.4 is 19.1 Å². The van der Waals surface area contributed by atoms with E-state index in [1.807, 2.05) is 13.0 Å². The molecule has 0 aliphatic carbocycles. The lowest BCUT2D eigenvalue weighted by Gasteiger charge is -2.36. The van der Waals surface area contributed by atoms with E-state index in [-0.39, 0.29) is 5.97 Å². The Morgan fingerprint density at radius 1 is 0.857 bits per heavy atom. The van der Waals surface area contributed by atoms with Crippen molar-refractivity contribution in [3.8, 4) is 17.2 Å². The summed E-state index contributed by atoms with van der Waals surface area (Å²) in [6, 6.07) is 14.6. The third kappa shape index (κ3) is 8.06. The third-order valence-corrected chi connectivity index (χ3v) is 6.30. The van der Waals surface area contributed by atoms with Gasteiger partial charge in [0.25, 0.3) is 0 Å². The standard InChI is InChI=1S/C28H40N2O5/c1-4-34-26(31)14-10-5-6-11-21-35-27-23(15-16-25(32-2)28(27)33-3)22-29-17-19-30(20-18-29)24-12-8-7-9-13-24/h7-9,12-13,15-16H,4-6,10-11,14,17-22H2,1-3H3. The molecule has 0 N–H and O–H groups in total. The van der Waals surface area contributed by atoms with Crippen LogP contribution >= 0.6 is 0 Å². The van der Waals surface area contributed by atoms with Crippen molar-refractivity contribution < 1.29 is 23.7 Å². The first-order valence-electron chi connectivity index (χ1n) is 12.7. The molecule has 2 aromatic carbocycles. The van der Waals surface area contributed by atoms with Crippen LogP contribution in [-0.4, -0.2) is 64.5 Å². The molecule has 1 heterocycles. The largest absolute Gasteiger partial charge is 0.493 e. The Morgan fingerprint density at radius 2 is 1.60 bits per heavy atom. The van der Waals surface area contributed by atoms with Gasteiger partial charge in [0.05, 0.1) is 27.4 Å². The van der Waals surface area contributed by atoms with E-state index in [1.165, 1.54) is 5.69 Å². The number of nitrogens with zero attached hydrogens (tertiary/aromatic N) is 2. The molecule has 1 aliphatic rings. The molecule has 0 saturated carbocycles. The van der Waals surface area contributed by atoms with E-state index in [4.69, 9.17) is 18.9 Å². The molecule has 1 aliphatic heterocycles. The molecule has 192 valence electrons. The summed E-state index contributed by atoms with van der Waals surface area (Å²) in [4.78, 5) is 16.4. The average molecular weight is 485 g/mol. The van der Waals surface area contributed by atoms with Gasteiger partial charge in [0.1, 0.15) is 0 Å². The van der Waals surface area contributed by atoms with E-state index in [2.05, 4.69) is 46.2 Å². The Hall–Kier alpha value is -2.93. The lowest BCUT2D eigenvalue weighted by Crippen LogP contribution is -2.46. The number of ether oxygens (including phenoxy) is 4. The zero-order chi connectivity index (χ0) is 24.9. The monoisotopic (exact) mass is 484 g/mol. The number of para-hydroxylation sites is 1. The van der Waals surface area contributed by atoms with Gasteiger partial charge in [0.15, 0.2) is 11.5 Å². The van der Waals surface area contributed by atoms with Crippen LogP contribution in [0.5, 0.6) is 17.2 Å². The van der Waals surface area contributed by atoms with Crippen molar-refractivity contribution in [2.45, 2.75) is 45.6 Å². The quantitative estimate of drug-likeness (QED) is 0.279. The highest BCUT2D eigenvalue weighted by Gasteiger charge is 2.22. The predicted molar refractivity (Wildman–Crippen MR) is 139 cm³/mol. The third-order valence-electron chi connectivity index (χ3n) is 6.30. The number of esters is 1. The second-order valence-electron chi connectivity index (χ2n) is 8.71. The van der Waals surface area contributed by atoms with Crippen LogP contribution in [0.1, 0.15) is 44.6 Å².